The van der Waals surface area contributed by atoms with Gasteiger partial charge < -0.3 is 4.74 Å². The first-order valence-corrected chi connectivity index (χ1v) is 6.19. The average Bonchev–Trinajstić information content (AvgIpc) is 2.18. The fourth-order valence-corrected chi connectivity index (χ4v) is 2.45. The molecular formula is C12H18ClN3O. The first kappa shape index (κ1) is 12.7. The number of hydrogen-bond acceptors (Lipinski definition) is 4. The number of halogens is 1. The topological polar surface area (TPSA) is 38.2 Å². The lowest BCUT2D eigenvalue weighted by Gasteiger charge is -2.41. The monoisotopic (exact) mass is 255 g/mol. The number of ether oxygens (including phenoxy) is 1. The van der Waals surface area contributed by atoms with Crippen molar-refractivity contribution in [3.63, 3.8) is 0 Å². The predicted octanol–water partition coefficient (Wildman–Crippen LogP) is 2.13. The van der Waals surface area contributed by atoms with Crippen molar-refractivity contribution in [2.75, 3.05) is 13.1 Å². The van der Waals surface area contributed by atoms with Gasteiger partial charge in [0.15, 0.2) is 0 Å². The normalized spacial score (nSPS) is 24.8. The van der Waals surface area contributed by atoms with Crippen LogP contribution < -0.4 is 0 Å². The molecule has 0 spiro atoms. The molecule has 0 amide bonds. The maximum atomic E-state index is 5.86. The van der Waals surface area contributed by atoms with Crippen molar-refractivity contribution in [2.24, 2.45) is 0 Å². The van der Waals surface area contributed by atoms with Crippen molar-refractivity contribution in [1.29, 1.82) is 0 Å². The second kappa shape index (κ2) is 4.88. The molecule has 1 aromatic rings. The Morgan fingerprint density at radius 1 is 1.47 bits per heavy atom. The van der Waals surface area contributed by atoms with Gasteiger partial charge >= 0.3 is 0 Å². The lowest BCUT2D eigenvalue weighted by atomic mass is 10.1. The lowest BCUT2D eigenvalue weighted by Crippen LogP contribution is -2.51. The van der Waals surface area contributed by atoms with Crippen LogP contribution in [0.25, 0.3) is 0 Å². The van der Waals surface area contributed by atoms with E-state index in [1.165, 1.54) is 0 Å². The zero-order chi connectivity index (χ0) is 12.5. The van der Waals surface area contributed by atoms with Gasteiger partial charge in [-0.1, -0.05) is 11.6 Å². The Bertz CT molecular complexity index is 380. The Balaban J connectivity index is 2.01. The average molecular weight is 256 g/mol. The molecule has 0 radical (unpaired) electrons. The number of rotatable bonds is 2. The third-order valence-corrected chi connectivity index (χ3v) is 2.89. The van der Waals surface area contributed by atoms with Crippen molar-refractivity contribution in [2.45, 2.75) is 39.0 Å². The molecule has 2 rings (SSSR count). The summed E-state index contributed by atoms with van der Waals surface area (Å²) in [5.41, 5.74) is 0.844. The van der Waals surface area contributed by atoms with Gasteiger partial charge in [0.2, 0.25) is 0 Å². The molecular weight excluding hydrogens is 238 g/mol. The molecule has 1 aliphatic heterocycles. The van der Waals surface area contributed by atoms with Gasteiger partial charge in [0.05, 0.1) is 29.8 Å². The number of hydrogen-bond donors (Lipinski definition) is 0. The summed E-state index contributed by atoms with van der Waals surface area (Å²) < 4.78 is 5.86. The lowest BCUT2D eigenvalue weighted by molar-refractivity contribution is -0.131. The van der Waals surface area contributed by atoms with Crippen molar-refractivity contribution in [3.8, 4) is 0 Å². The van der Waals surface area contributed by atoms with Crippen molar-refractivity contribution in [3.05, 3.63) is 23.2 Å². The standard InChI is InChI=1S/C12H18ClN3O/c1-9-6-16(8-12(2,3)17-9)7-10-4-15-11(13)5-14-10/h4-5,9H,6-8H2,1-3H3. The molecule has 0 aromatic carbocycles. The Kier molecular flexibility index (Phi) is 3.66. The zero-order valence-corrected chi connectivity index (χ0v) is 11.2. The van der Waals surface area contributed by atoms with E-state index in [0.29, 0.717) is 5.15 Å². The Hall–Kier alpha value is -0.710. The molecule has 1 aliphatic rings. The van der Waals surface area contributed by atoms with Crippen LogP contribution in [0.2, 0.25) is 5.15 Å². The molecule has 0 N–H and O–H groups in total. The Morgan fingerprint density at radius 3 is 2.82 bits per heavy atom. The maximum Gasteiger partial charge on any atom is 0.147 e. The van der Waals surface area contributed by atoms with Crippen LogP contribution in [0, 0.1) is 0 Å². The highest BCUT2D eigenvalue weighted by molar-refractivity contribution is 6.29. The molecule has 0 aliphatic carbocycles. The highest BCUT2D eigenvalue weighted by atomic mass is 35.5. The molecule has 4 nitrogen and oxygen atoms in total. The fourth-order valence-electron chi connectivity index (χ4n) is 2.36. The quantitative estimate of drug-likeness (QED) is 0.812. The van der Waals surface area contributed by atoms with Crippen LogP contribution >= 0.6 is 11.6 Å². The minimum atomic E-state index is -0.0997. The second-order valence-electron chi connectivity index (χ2n) is 5.19. The minimum Gasteiger partial charge on any atom is -0.370 e. The first-order valence-electron chi connectivity index (χ1n) is 5.81. The van der Waals surface area contributed by atoms with Gasteiger partial charge in [-0.15, -0.1) is 0 Å². The molecule has 1 fully saturated rings. The van der Waals surface area contributed by atoms with Crippen LogP contribution in [-0.4, -0.2) is 39.7 Å². The largest absolute Gasteiger partial charge is 0.370 e. The zero-order valence-electron chi connectivity index (χ0n) is 10.5. The summed E-state index contributed by atoms with van der Waals surface area (Å²) in [6.07, 6.45) is 3.57. The summed E-state index contributed by atoms with van der Waals surface area (Å²) in [7, 11) is 0. The van der Waals surface area contributed by atoms with Gasteiger partial charge in [0.1, 0.15) is 5.15 Å². The second-order valence-corrected chi connectivity index (χ2v) is 5.58. The minimum absolute atomic E-state index is 0.0997. The van der Waals surface area contributed by atoms with E-state index < -0.39 is 0 Å². The first-order chi connectivity index (χ1) is 7.94. The SMILES string of the molecule is CC1CN(Cc2cnc(Cl)cn2)CC(C)(C)O1. The third-order valence-electron chi connectivity index (χ3n) is 2.70. The van der Waals surface area contributed by atoms with Gasteiger partial charge in [0, 0.05) is 19.6 Å². The van der Waals surface area contributed by atoms with E-state index in [1.54, 1.807) is 12.4 Å². The predicted molar refractivity (Wildman–Crippen MR) is 66.9 cm³/mol. The van der Waals surface area contributed by atoms with Gasteiger partial charge in [0.25, 0.3) is 0 Å². The smallest absolute Gasteiger partial charge is 0.147 e. The molecule has 1 aromatic heterocycles. The van der Waals surface area contributed by atoms with Gasteiger partial charge in [-0.05, 0) is 20.8 Å². The van der Waals surface area contributed by atoms with Gasteiger partial charge in [-0.3, -0.25) is 9.88 Å². The number of morpholine rings is 1. The molecule has 1 unspecified atom stereocenters. The fraction of sp³-hybridized carbons (Fsp3) is 0.667. The van der Waals surface area contributed by atoms with Crippen LogP contribution in [0.4, 0.5) is 0 Å². The van der Waals surface area contributed by atoms with E-state index in [4.69, 9.17) is 16.3 Å². The molecule has 0 bridgehead atoms. The highest BCUT2D eigenvalue weighted by Crippen LogP contribution is 2.21. The van der Waals surface area contributed by atoms with Crippen LogP contribution in [0.3, 0.4) is 0 Å². The van der Waals surface area contributed by atoms with E-state index >= 15 is 0 Å². The molecule has 1 saturated heterocycles. The van der Waals surface area contributed by atoms with E-state index in [2.05, 4.69) is 35.6 Å². The molecule has 17 heavy (non-hydrogen) atoms. The number of nitrogens with zero attached hydrogens (tertiary/aromatic N) is 3. The van der Waals surface area contributed by atoms with Crippen LogP contribution in [0.1, 0.15) is 26.5 Å². The summed E-state index contributed by atoms with van der Waals surface area (Å²) in [4.78, 5) is 10.7. The molecule has 94 valence electrons. The van der Waals surface area contributed by atoms with E-state index in [1.807, 2.05) is 0 Å². The van der Waals surface area contributed by atoms with Gasteiger partial charge in [-0.25, -0.2) is 4.98 Å². The van der Waals surface area contributed by atoms with E-state index in [-0.39, 0.29) is 11.7 Å². The maximum absolute atomic E-state index is 5.86. The van der Waals surface area contributed by atoms with E-state index in [0.717, 1.165) is 25.3 Å². The molecule has 1 atom stereocenters. The highest BCUT2D eigenvalue weighted by Gasteiger charge is 2.31. The van der Waals surface area contributed by atoms with E-state index in [9.17, 15) is 0 Å². The molecule has 5 heteroatoms. The van der Waals surface area contributed by atoms with Gasteiger partial charge in [-0.2, -0.15) is 0 Å². The summed E-state index contributed by atoms with van der Waals surface area (Å²) in [5, 5.41) is 0.435. The summed E-state index contributed by atoms with van der Waals surface area (Å²) in [6, 6.07) is 0. The third kappa shape index (κ3) is 3.63. The van der Waals surface area contributed by atoms with Crippen LogP contribution in [0.5, 0.6) is 0 Å². The van der Waals surface area contributed by atoms with Crippen molar-refractivity contribution in [1.82, 2.24) is 14.9 Å². The summed E-state index contributed by atoms with van der Waals surface area (Å²) >= 11 is 5.72. The van der Waals surface area contributed by atoms with Crippen molar-refractivity contribution >= 4 is 11.6 Å². The Morgan fingerprint density at radius 2 is 2.24 bits per heavy atom. The summed E-state index contributed by atoms with van der Waals surface area (Å²) in [6.45, 7) is 8.95. The molecule has 0 saturated carbocycles. The molecule has 2 heterocycles. The number of aromatic nitrogens is 2. The van der Waals surface area contributed by atoms with Crippen molar-refractivity contribution < 1.29 is 4.74 Å². The van der Waals surface area contributed by atoms with Crippen LogP contribution in [0.15, 0.2) is 12.4 Å². The van der Waals surface area contributed by atoms with Crippen LogP contribution in [-0.2, 0) is 11.3 Å². The Labute approximate surface area is 107 Å². The summed E-state index contributed by atoms with van der Waals surface area (Å²) in [5.74, 6) is 0.